The summed E-state index contributed by atoms with van der Waals surface area (Å²) in [4.78, 5) is 22.4. The Kier molecular flexibility index (Phi) is 6.10. The van der Waals surface area contributed by atoms with Gasteiger partial charge in [0.2, 0.25) is 5.91 Å². The van der Waals surface area contributed by atoms with Crippen LogP contribution in [0.5, 0.6) is 0 Å². The average molecular weight is 347 g/mol. The fraction of sp³-hybridized carbons (Fsp3) is 0.737. The number of nitrogens with zero attached hydrogens (tertiary/aromatic N) is 1. The molecule has 3 aliphatic rings. The van der Waals surface area contributed by atoms with Gasteiger partial charge >= 0.3 is 0 Å². The highest BCUT2D eigenvalue weighted by atomic mass is 16.5. The van der Waals surface area contributed by atoms with Gasteiger partial charge in [-0.25, -0.2) is 0 Å². The molecule has 4 rings (SSSR count). The van der Waals surface area contributed by atoms with Crippen LogP contribution in [0.25, 0.3) is 0 Å². The van der Waals surface area contributed by atoms with E-state index in [2.05, 4.69) is 10.5 Å². The summed E-state index contributed by atoms with van der Waals surface area (Å²) in [6, 6.07) is 2.12. The first-order valence-electron chi connectivity index (χ1n) is 9.70. The number of rotatable bonds is 4. The molecule has 1 heterocycles. The molecule has 0 radical (unpaired) electrons. The van der Waals surface area contributed by atoms with Crippen LogP contribution in [-0.4, -0.2) is 23.0 Å². The summed E-state index contributed by atoms with van der Waals surface area (Å²) < 4.78 is 4.90. The normalized spacial score (nSPS) is 21.4. The van der Waals surface area contributed by atoms with Gasteiger partial charge in [-0.1, -0.05) is 37.3 Å². The summed E-state index contributed by atoms with van der Waals surface area (Å²) in [6.07, 6.45) is 13.4. The SMILES string of the molecule is NC(=O)c1cc(C2CC2)on1.O=C(NC1CCCCC1)C1CCCC1. The molecule has 0 spiro atoms. The standard InChI is InChI=1S/C12H21NO.C7H8N2O2/c14-12(10-6-4-5-7-10)13-11-8-2-1-3-9-11;8-7(10)5-3-6(11-9-5)4-1-2-4/h10-11H,1-9H2,(H,13,14);3-4H,1-2H2,(H2,8,10). The van der Waals surface area contributed by atoms with Crippen LogP contribution in [0, 0.1) is 5.92 Å². The zero-order valence-corrected chi connectivity index (χ0v) is 14.8. The molecule has 3 saturated carbocycles. The minimum absolute atomic E-state index is 0.229. The fourth-order valence-electron chi connectivity index (χ4n) is 3.72. The van der Waals surface area contributed by atoms with Crippen molar-refractivity contribution in [3.8, 4) is 0 Å². The lowest BCUT2D eigenvalue weighted by molar-refractivity contribution is -0.125. The van der Waals surface area contributed by atoms with Crippen LogP contribution in [0.2, 0.25) is 0 Å². The molecule has 138 valence electrons. The molecular weight excluding hydrogens is 318 g/mol. The minimum Gasteiger partial charge on any atom is -0.364 e. The highest BCUT2D eigenvalue weighted by Crippen LogP contribution is 2.40. The Labute approximate surface area is 148 Å². The second-order valence-electron chi connectivity index (χ2n) is 7.58. The summed E-state index contributed by atoms with van der Waals surface area (Å²) in [5.74, 6) is 1.43. The van der Waals surface area contributed by atoms with E-state index in [1.54, 1.807) is 6.07 Å². The highest BCUT2D eigenvalue weighted by Gasteiger charge is 2.28. The quantitative estimate of drug-likeness (QED) is 0.873. The van der Waals surface area contributed by atoms with Gasteiger partial charge in [0.1, 0.15) is 5.76 Å². The van der Waals surface area contributed by atoms with Gasteiger partial charge < -0.3 is 15.6 Å². The van der Waals surface area contributed by atoms with Gasteiger partial charge in [0.05, 0.1) is 0 Å². The molecule has 0 aliphatic heterocycles. The number of hydrogen-bond donors (Lipinski definition) is 2. The van der Waals surface area contributed by atoms with E-state index in [9.17, 15) is 9.59 Å². The van der Waals surface area contributed by atoms with E-state index in [1.165, 1.54) is 44.9 Å². The van der Waals surface area contributed by atoms with Crippen molar-refractivity contribution in [3.05, 3.63) is 17.5 Å². The van der Waals surface area contributed by atoms with Gasteiger partial charge in [-0.3, -0.25) is 9.59 Å². The molecule has 6 nitrogen and oxygen atoms in total. The van der Waals surface area contributed by atoms with Crippen molar-refractivity contribution in [2.75, 3.05) is 0 Å². The Morgan fingerprint density at radius 3 is 2.20 bits per heavy atom. The lowest BCUT2D eigenvalue weighted by atomic mass is 9.95. The first kappa shape index (κ1) is 18.0. The molecule has 0 bridgehead atoms. The van der Waals surface area contributed by atoms with Crippen molar-refractivity contribution in [2.24, 2.45) is 11.7 Å². The third-order valence-corrected chi connectivity index (χ3v) is 5.44. The van der Waals surface area contributed by atoms with Crippen LogP contribution in [0.1, 0.15) is 92.8 Å². The third kappa shape index (κ3) is 5.31. The van der Waals surface area contributed by atoms with E-state index in [0.717, 1.165) is 31.4 Å². The van der Waals surface area contributed by atoms with Gasteiger partial charge in [0, 0.05) is 23.9 Å². The minimum atomic E-state index is -0.527. The zero-order valence-electron chi connectivity index (χ0n) is 14.8. The second-order valence-corrected chi connectivity index (χ2v) is 7.58. The molecule has 3 fully saturated rings. The molecule has 1 aromatic heterocycles. The number of carbonyl (C=O) groups excluding carboxylic acids is 2. The maximum atomic E-state index is 11.8. The third-order valence-electron chi connectivity index (χ3n) is 5.44. The van der Waals surface area contributed by atoms with Crippen LogP contribution in [0.4, 0.5) is 0 Å². The van der Waals surface area contributed by atoms with Gasteiger partial charge in [-0.2, -0.15) is 0 Å². The Bertz CT molecular complexity index is 582. The Balaban J connectivity index is 0.000000150. The summed E-state index contributed by atoms with van der Waals surface area (Å²) in [5.41, 5.74) is 5.21. The van der Waals surface area contributed by atoms with E-state index in [4.69, 9.17) is 10.3 Å². The largest absolute Gasteiger partial charge is 0.364 e. The van der Waals surface area contributed by atoms with Gasteiger partial charge in [0.15, 0.2) is 5.69 Å². The lowest BCUT2D eigenvalue weighted by Crippen LogP contribution is -2.39. The number of nitrogens with one attached hydrogen (secondary N) is 1. The highest BCUT2D eigenvalue weighted by molar-refractivity contribution is 5.90. The van der Waals surface area contributed by atoms with Crippen molar-refractivity contribution in [1.82, 2.24) is 10.5 Å². The number of amides is 2. The maximum absolute atomic E-state index is 11.8. The van der Waals surface area contributed by atoms with Crippen molar-refractivity contribution >= 4 is 11.8 Å². The molecule has 0 aromatic carbocycles. The number of primary amides is 1. The van der Waals surface area contributed by atoms with E-state index in [0.29, 0.717) is 23.8 Å². The van der Waals surface area contributed by atoms with Gasteiger partial charge in [-0.15, -0.1) is 0 Å². The Morgan fingerprint density at radius 1 is 1.00 bits per heavy atom. The van der Waals surface area contributed by atoms with E-state index in [1.807, 2.05) is 0 Å². The number of hydrogen-bond acceptors (Lipinski definition) is 4. The van der Waals surface area contributed by atoms with Gasteiger partial charge in [-0.05, 0) is 38.5 Å². The van der Waals surface area contributed by atoms with E-state index >= 15 is 0 Å². The smallest absolute Gasteiger partial charge is 0.270 e. The molecule has 3 aliphatic carbocycles. The van der Waals surface area contributed by atoms with E-state index < -0.39 is 5.91 Å². The lowest BCUT2D eigenvalue weighted by Gasteiger charge is -2.24. The Morgan fingerprint density at radius 2 is 1.64 bits per heavy atom. The van der Waals surface area contributed by atoms with Crippen LogP contribution in [-0.2, 0) is 4.79 Å². The topological polar surface area (TPSA) is 98.2 Å². The second kappa shape index (κ2) is 8.50. The zero-order chi connectivity index (χ0) is 17.6. The van der Waals surface area contributed by atoms with Crippen LogP contribution < -0.4 is 11.1 Å². The molecule has 0 saturated heterocycles. The molecule has 0 unspecified atom stereocenters. The van der Waals surface area contributed by atoms with Crippen molar-refractivity contribution < 1.29 is 14.1 Å². The van der Waals surface area contributed by atoms with Crippen molar-refractivity contribution in [3.63, 3.8) is 0 Å². The van der Waals surface area contributed by atoms with Crippen LogP contribution in [0.3, 0.4) is 0 Å². The number of aromatic nitrogens is 1. The first-order valence-corrected chi connectivity index (χ1v) is 9.70. The average Bonchev–Trinajstić information content (AvgIpc) is 3.13. The van der Waals surface area contributed by atoms with Crippen LogP contribution in [0.15, 0.2) is 10.6 Å². The Hall–Kier alpha value is -1.85. The van der Waals surface area contributed by atoms with Gasteiger partial charge in [0.25, 0.3) is 5.91 Å². The molecule has 2 amide bonds. The predicted octanol–water partition coefficient (Wildman–Crippen LogP) is 3.28. The van der Waals surface area contributed by atoms with Crippen molar-refractivity contribution in [2.45, 2.75) is 82.6 Å². The molecular formula is C19H29N3O3. The first-order chi connectivity index (χ1) is 12.1. The maximum Gasteiger partial charge on any atom is 0.270 e. The molecule has 6 heteroatoms. The van der Waals surface area contributed by atoms with E-state index in [-0.39, 0.29) is 5.69 Å². The number of carbonyl (C=O) groups is 2. The predicted molar refractivity (Wildman–Crippen MR) is 94.0 cm³/mol. The van der Waals surface area contributed by atoms with Crippen molar-refractivity contribution in [1.29, 1.82) is 0 Å². The van der Waals surface area contributed by atoms with Crippen LogP contribution >= 0.6 is 0 Å². The number of nitrogens with two attached hydrogens (primary N) is 1. The molecule has 0 atom stereocenters. The molecule has 25 heavy (non-hydrogen) atoms. The summed E-state index contributed by atoms with van der Waals surface area (Å²) >= 11 is 0. The molecule has 3 N–H and O–H groups in total. The summed E-state index contributed by atoms with van der Waals surface area (Å²) in [5, 5.41) is 6.75. The summed E-state index contributed by atoms with van der Waals surface area (Å²) in [7, 11) is 0. The fourth-order valence-corrected chi connectivity index (χ4v) is 3.72. The monoisotopic (exact) mass is 347 g/mol. The molecule has 1 aromatic rings. The summed E-state index contributed by atoms with van der Waals surface area (Å²) in [6.45, 7) is 0.